The summed E-state index contributed by atoms with van der Waals surface area (Å²) in [7, 11) is -3.92. The molecule has 1 fully saturated rings. The predicted molar refractivity (Wildman–Crippen MR) is 134 cm³/mol. The molecule has 0 aliphatic carbocycles. The topological polar surface area (TPSA) is 145 Å². The third kappa shape index (κ3) is 5.46. The van der Waals surface area contributed by atoms with E-state index in [-0.39, 0.29) is 29.2 Å². The van der Waals surface area contributed by atoms with Crippen molar-refractivity contribution in [2.75, 3.05) is 48.4 Å². The Balaban J connectivity index is 1.80. The molecule has 2 aromatic heterocycles. The normalized spacial score (nSPS) is 15.0. The van der Waals surface area contributed by atoms with Crippen LogP contribution in [-0.2, 0) is 14.8 Å². The molecule has 1 aliphatic rings. The molecule has 190 valence electrons. The number of benzene rings is 1. The van der Waals surface area contributed by atoms with Crippen LogP contribution >= 0.6 is 0 Å². The van der Waals surface area contributed by atoms with Crippen molar-refractivity contribution in [1.82, 2.24) is 15.0 Å². The third-order valence-electron chi connectivity index (χ3n) is 5.60. The lowest BCUT2D eigenvalue weighted by Crippen LogP contribution is -2.37. The van der Waals surface area contributed by atoms with Gasteiger partial charge in [0, 0.05) is 31.1 Å². The summed E-state index contributed by atoms with van der Waals surface area (Å²) in [5, 5.41) is 15.2. The van der Waals surface area contributed by atoms with E-state index in [0.717, 1.165) is 12.4 Å². The number of morpholine rings is 1. The highest BCUT2D eigenvalue weighted by Gasteiger charge is 2.22. The second kappa shape index (κ2) is 11.0. The molecule has 0 spiro atoms. The lowest BCUT2D eigenvalue weighted by molar-refractivity contribution is 0.122. The summed E-state index contributed by atoms with van der Waals surface area (Å²) >= 11 is 0. The highest BCUT2D eigenvalue weighted by molar-refractivity contribution is 7.92. The Kier molecular flexibility index (Phi) is 7.79. The fraction of sp³-hybridized carbons (Fsp3) is 0.348. The molecule has 0 bridgehead atoms. The van der Waals surface area contributed by atoms with Gasteiger partial charge in [-0.15, -0.1) is 0 Å². The number of hydrogen-bond donors (Lipinski definition) is 3. The molecule has 4 rings (SSSR count). The van der Waals surface area contributed by atoms with Crippen LogP contribution < -0.4 is 9.62 Å². The number of nitrogens with one attached hydrogen (secondary N) is 3. The third-order valence-corrected chi connectivity index (χ3v) is 6.95. The molecule has 13 heteroatoms. The van der Waals surface area contributed by atoms with E-state index in [9.17, 15) is 12.8 Å². The zero-order valence-corrected chi connectivity index (χ0v) is 20.1. The maximum Gasteiger partial charge on any atom is 0.232 e. The van der Waals surface area contributed by atoms with E-state index in [1.165, 1.54) is 18.2 Å². The summed E-state index contributed by atoms with van der Waals surface area (Å²) in [6, 6.07) is 7.47. The van der Waals surface area contributed by atoms with Crippen LogP contribution in [0.3, 0.4) is 0 Å². The van der Waals surface area contributed by atoms with Gasteiger partial charge in [-0.3, -0.25) is 9.11 Å². The summed E-state index contributed by atoms with van der Waals surface area (Å²) in [6.45, 7) is 1.26. The van der Waals surface area contributed by atoms with Crippen LogP contribution in [-0.4, -0.2) is 74.5 Å². The minimum Gasteiger partial charge on any atom is -0.378 e. The Morgan fingerprint density at radius 3 is 2.56 bits per heavy atom. The summed E-state index contributed by atoms with van der Waals surface area (Å²) in [5.41, 5.74) is 0.915. The van der Waals surface area contributed by atoms with Crippen molar-refractivity contribution in [3.8, 4) is 11.3 Å². The number of hydrogen-bond acceptors (Lipinski definition) is 9. The van der Waals surface area contributed by atoms with Crippen molar-refractivity contribution in [2.24, 2.45) is 0 Å². The molecule has 0 amide bonds. The van der Waals surface area contributed by atoms with Gasteiger partial charge >= 0.3 is 0 Å². The average Bonchev–Trinajstić information content (AvgIpc) is 2.89. The van der Waals surface area contributed by atoms with Crippen molar-refractivity contribution in [3.05, 3.63) is 42.0 Å². The zero-order valence-electron chi connectivity index (χ0n) is 19.2. The first kappa shape index (κ1) is 25.5. The Bertz CT molecular complexity index is 1370. The molecular formula is C23H25F2N7O3S. The van der Waals surface area contributed by atoms with Crippen LogP contribution in [0.2, 0.25) is 0 Å². The van der Waals surface area contributed by atoms with Gasteiger partial charge in [0.2, 0.25) is 10.0 Å². The van der Waals surface area contributed by atoms with E-state index in [1.807, 2.05) is 4.90 Å². The van der Waals surface area contributed by atoms with Crippen molar-refractivity contribution in [1.29, 1.82) is 10.8 Å². The summed E-state index contributed by atoms with van der Waals surface area (Å²) in [4.78, 5) is 15.7. The molecule has 3 heterocycles. The molecule has 3 N–H and O–H groups in total. The van der Waals surface area contributed by atoms with E-state index >= 15 is 4.39 Å². The van der Waals surface area contributed by atoms with Gasteiger partial charge in [0.05, 0.1) is 48.5 Å². The Morgan fingerprint density at radius 1 is 1.11 bits per heavy atom. The van der Waals surface area contributed by atoms with E-state index in [2.05, 4.69) is 19.7 Å². The molecule has 3 aromatic rings. The summed E-state index contributed by atoms with van der Waals surface area (Å²) in [5.74, 6) is -1.22. The van der Waals surface area contributed by atoms with Crippen molar-refractivity contribution < 1.29 is 21.9 Å². The van der Waals surface area contributed by atoms with Crippen LogP contribution in [0.25, 0.3) is 22.3 Å². The minimum absolute atomic E-state index is 0.0662. The van der Waals surface area contributed by atoms with Gasteiger partial charge in [0.15, 0.2) is 11.6 Å². The first-order valence-electron chi connectivity index (χ1n) is 11.2. The minimum atomic E-state index is -3.92. The van der Waals surface area contributed by atoms with Gasteiger partial charge in [-0.05, 0) is 30.7 Å². The number of aromatic nitrogens is 3. The number of anilines is 2. The number of ether oxygens (including phenoxy) is 1. The van der Waals surface area contributed by atoms with Crippen molar-refractivity contribution in [2.45, 2.75) is 12.3 Å². The lowest BCUT2D eigenvalue weighted by Gasteiger charge is -2.28. The van der Waals surface area contributed by atoms with Gasteiger partial charge in [-0.2, -0.15) is 0 Å². The van der Waals surface area contributed by atoms with Crippen molar-refractivity contribution >= 4 is 45.0 Å². The van der Waals surface area contributed by atoms with Gasteiger partial charge < -0.3 is 20.5 Å². The van der Waals surface area contributed by atoms with Gasteiger partial charge in [0.25, 0.3) is 0 Å². The molecule has 1 saturated heterocycles. The molecular weight excluding hydrogens is 492 g/mol. The van der Waals surface area contributed by atoms with Gasteiger partial charge in [0.1, 0.15) is 11.3 Å². The largest absolute Gasteiger partial charge is 0.378 e. The first-order chi connectivity index (χ1) is 17.4. The highest BCUT2D eigenvalue weighted by Crippen LogP contribution is 2.31. The van der Waals surface area contributed by atoms with Gasteiger partial charge in [-0.1, -0.05) is 6.07 Å². The number of pyridine rings is 1. The number of halogens is 2. The highest BCUT2D eigenvalue weighted by atomic mass is 32.2. The molecule has 0 unspecified atom stereocenters. The van der Waals surface area contributed by atoms with Crippen LogP contribution in [0, 0.1) is 16.6 Å². The molecule has 0 radical (unpaired) electrons. The molecule has 36 heavy (non-hydrogen) atoms. The standard InChI is InChI=1S/C23H25F2N7O3S/c24-7-2-12-36(33,34)31-18-4-1-3-16(20(18)25)17-5-6-19-21(28-17)23(32-8-10-35-11-9-32)30-22(29-19)15(13-26)14-27/h1,3-6,13-15,26-27,31H,2,7-12H2. The van der Waals surface area contributed by atoms with E-state index < -0.39 is 34.2 Å². The van der Waals surface area contributed by atoms with Crippen LogP contribution in [0.15, 0.2) is 30.3 Å². The SMILES string of the molecule is N=CC(C=N)c1nc(N2CCOCC2)c2nc(-c3cccc(NS(=O)(=O)CCCF)c3F)ccc2n1. The zero-order chi connectivity index (χ0) is 25.7. The van der Waals surface area contributed by atoms with E-state index in [4.69, 9.17) is 15.6 Å². The number of nitrogens with zero attached hydrogens (tertiary/aromatic N) is 4. The fourth-order valence-corrected chi connectivity index (χ4v) is 4.86. The molecule has 10 nitrogen and oxygen atoms in total. The van der Waals surface area contributed by atoms with Crippen LogP contribution in [0.4, 0.5) is 20.3 Å². The van der Waals surface area contributed by atoms with E-state index in [0.29, 0.717) is 43.2 Å². The maximum atomic E-state index is 15.4. The quantitative estimate of drug-likeness (QED) is 0.350. The summed E-state index contributed by atoms with van der Waals surface area (Å²) in [6.07, 6.45) is 1.97. The number of sulfonamides is 1. The van der Waals surface area contributed by atoms with Gasteiger partial charge in [-0.25, -0.2) is 27.8 Å². The second-order valence-electron chi connectivity index (χ2n) is 8.06. The second-order valence-corrected chi connectivity index (χ2v) is 9.90. The average molecular weight is 518 g/mol. The molecule has 0 atom stereocenters. The lowest BCUT2D eigenvalue weighted by atomic mass is 10.1. The number of fused-ring (bicyclic) bond motifs is 1. The number of alkyl halides is 1. The van der Waals surface area contributed by atoms with Crippen LogP contribution in [0.5, 0.6) is 0 Å². The van der Waals surface area contributed by atoms with E-state index in [1.54, 1.807) is 12.1 Å². The predicted octanol–water partition coefficient (Wildman–Crippen LogP) is 3.15. The number of rotatable bonds is 10. The monoisotopic (exact) mass is 517 g/mol. The summed E-state index contributed by atoms with van der Waals surface area (Å²) < 4.78 is 59.7. The Morgan fingerprint density at radius 2 is 1.86 bits per heavy atom. The molecule has 0 saturated carbocycles. The first-order valence-corrected chi connectivity index (χ1v) is 12.9. The molecule has 1 aromatic carbocycles. The van der Waals surface area contributed by atoms with Crippen molar-refractivity contribution in [3.63, 3.8) is 0 Å². The fourth-order valence-electron chi connectivity index (χ4n) is 3.78. The van der Waals surface area contributed by atoms with Crippen LogP contribution in [0.1, 0.15) is 18.2 Å². The molecule has 1 aliphatic heterocycles. The maximum absolute atomic E-state index is 15.4. The smallest absolute Gasteiger partial charge is 0.232 e. The Hall–Kier alpha value is -3.58. The Labute approximate surface area is 206 Å².